The van der Waals surface area contributed by atoms with Gasteiger partial charge in [-0.05, 0) is 42.5 Å². The van der Waals surface area contributed by atoms with Crippen LogP contribution in [0.25, 0.3) is 0 Å². The molecule has 0 radical (unpaired) electrons. The third-order valence-corrected chi connectivity index (χ3v) is 6.90. The van der Waals surface area contributed by atoms with Crippen LogP contribution in [0.15, 0.2) is 48.5 Å². The van der Waals surface area contributed by atoms with Crippen molar-refractivity contribution in [1.82, 2.24) is 10.2 Å². The normalized spacial score (nSPS) is 26.1. The Hall–Kier alpha value is -2.57. The molecule has 1 amide bonds. The number of aromatic hydroxyl groups is 1. The maximum absolute atomic E-state index is 12.8. The van der Waals surface area contributed by atoms with E-state index in [1.807, 2.05) is 42.5 Å². The van der Waals surface area contributed by atoms with Crippen molar-refractivity contribution in [3.05, 3.63) is 59.7 Å². The summed E-state index contributed by atoms with van der Waals surface area (Å²) >= 11 is 0. The molecule has 166 valence electrons. The second kappa shape index (κ2) is 9.28. The Morgan fingerprint density at radius 2 is 2.00 bits per heavy atom. The maximum Gasteiger partial charge on any atom is 0.234 e. The summed E-state index contributed by atoms with van der Waals surface area (Å²) in [6.07, 6.45) is 4.52. The predicted octanol–water partition coefficient (Wildman–Crippen LogP) is 3.39. The minimum absolute atomic E-state index is 0.0270. The van der Waals surface area contributed by atoms with E-state index in [9.17, 15) is 15.0 Å². The van der Waals surface area contributed by atoms with Crippen LogP contribution < -0.4 is 10.1 Å². The molecule has 2 fully saturated rings. The molecule has 4 rings (SSSR count). The van der Waals surface area contributed by atoms with Gasteiger partial charge in [0.05, 0.1) is 19.3 Å². The molecule has 31 heavy (non-hydrogen) atoms. The van der Waals surface area contributed by atoms with E-state index in [1.165, 1.54) is 7.11 Å². The number of phenols is 1. The fraction of sp³-hybridized carbons (Fsp3) is 0.480. The van der Waals surface area contributed by atoms with Crippen molar-refractivity contribution in [2.24, 2.45) is 5.92 Å². The van der Waals surface area contributed by atoms with Crippen LogP contribution in [0.1, 0.15) is 49.3 Å². The van der Waals surface area contributed by atoms with Gasteiger partial charge in [0, 0.05) is 25.0 Å². The third-order valence-electron chi connectivity index (χ3n) is 6.90. The van der Waals surface area contributed by atoms with Crippen LogP contribution in [-0.2, 0) is 11.3 Å². The number of benzene rings is 2. The van der Waals surface area contributed by atoms with Crippen molar-refractivity contribution in [1.29, 1.82) is 0 Å². The number of carbonyl (C=O) groups excluding carboxylic acids is 1. The molecule has 1 saturated carbocycles. The standard InChI is InChI=1S/C25H32N2O4/c1-31-22-15-19(10-11-21(22)28)24-20-9-5-6-12-25(20,30)13-14-27(24)17-23(29)26-16-18-7-3-2-4-8-18/h2-4,7-8,10-11,15,20,24,28,30H,5-6,9,12-14,16-17H2,1H3,(H,26,29)/t20-,24-,25+/m0/s1. The number of hydrogen-bond acceptors (Lipinski definition) is 5. The van der Waals surface area contributed by atoms with E-state index in [-0.39, 0.29) is 30.2 Å². The molecule has 0 unspecified atom stereocenters. The van der Waals surface area contributed by atoms with Crippen LogP contribution >= 0.6 is 0 Å². The first kappa shape index (κ1) is 21.7. The molecule has 6 heteroatoms. The van der Waals surface area contributed by atoms with Gasteiger partial charge in [0.15, 0.2) is 11.5 Å². The Labute approximate surface area is 183 Å². The molecule has 0 spiro atoms. The van der Waals surface area contributed by atoms with Crippen molar-refractivity contribution in [2.45, 2.75) is 50.3 Å². The predicted molar refractivity (Wildman–Crippen MR) is 119 cm³/mol. The first-order chi connectivity index (χ1) is 15.0. The molecule has 1 aliphatic heterocycles. The molecule has 0 aromatic heterocycles. The van der Waals surface area contributed by atoms with Crippen LogP contribution in [0.5, 0.6) is 11.5 Å². The van der Waals surface area contributed by atoms with Gasteiger partial charge in [-0.3, -0.25) is 9.69 Å². The smallest absolute Gasteiger partial charge is 0.234 e. The van der Waals surface area contributed by atoms with Gasteiger partial charge < -0.3 is 20.3 Å². The number of carbonyl (C=O) groups is 1. The summed E-state index contributed by atoms with van der Waals surface area (Å²) in [6, 6.07) is 15.1. The van der Waals surface area contributed by atoms with Gasteiger partial charge in [-0.15, -0.1) is 0 Å². The average molecular weight is 425 g/mol. The lowest BCUT2D eigenvalue weighted by atomic mass is 9.66. The fourth-order valence-corrected chi connectivity index (χ4v) is 5.28. The molecule has 2 aromatic rings. The summed E-state index contributed by atoms with van der Waals surface area (Å²) in [5.41, 5.74) is 1.33. The van der Waals surface area contributed by atoms with E-state index in [0.29, 0.717) is 25.3 Å². The number of aliphatic hydroxyl groups is 1. The zero-order valence-electron chi connectivity index (χ0n) is 18.1. The lowest BCUT2D eigenvalue weighted by molar-refractivity contribution is -0.138. The minimum Gasteiger partial charge on any atom is -0.504 e. The van der Waals surface area contributed by atoms with Crippen molar-refractivity contribution in [3.8, 4) is 11.5 Å². The second-order valence-corrected chi connectivity index (χ2v) is 8.81. The molecular weight excluding hydrogens is 392 g/mol. The Balaban J connectivity index is 1.55. The molecule has 0 bridgehead atoms. The van der Waals surface area contributed by atoms with Crippen LogP contribution in [0.3, 0.4) is 0 Å². The number of methoxy groups -OCH3 is 1. The highest BCUT2D eigenvalue weighted by Crippen LogP contribution is 2.49. The van der Waals surface area contributed by atoms with Gasteiger partial charge in [-0.25, -0.2) is 0 Å². The van der Waals surface area contributed by atoms with E-state index in [0.717, 1.165) is 36.8 Å². The Kier molecular flexibility index (Phi) is 6.49. The lowest BCUT2D eigenvalue weighted by Crippen LogP contribution is -2.56. The van der Waals surface area contributed by atoms with Gasteiger partial charge in [0.1, 0.15) is 0 Å². The number of piperidine rings is 1. The number of likely N-dealkylation sites (tertiary alicyclic amines) is 1. The monoisotopic (exact) mass is 424 g/mol. The van der Waals surface area contributed by atoms with E-state index < -0.39 is 5.60 Å². The summed E-state index contributed by atoms with van der Waals surface area (Å²) in [6.45, 7) is 1.42. The molecule has 1 aliphatic carbocycles. The molecule has 1 heterocycles. The molecule has 3 atom stereocenters. The molecule has 2 aliphatic rings. The summed E-state index contributed by atoms with van der Waals surface area (Å²) in [5, 5.41) is 24.5. The number of rotatable bonds is 6. The largest absolute Gasteiger partial charge is 0.504 e. The van der Waals surface area contributed by atoms with Crippen molar-refractivity contribution in [3.63, 3.8) is 0 Å². The number of ether oxygens (including phenoxy) is 1. The first-order valence-corrected chi connectivity index (χ1v) is 11.1. The lowest BCUT2D eigenvalue weighted by Gasteiger charge is -2.52. The third kappa shape index (κ3) is 4.70. The van der Waals surface area contributed by atoms with E-state index in [2.05, 4.69) is 10.2 Å². The van der Waals surface area contributed by atoms with Crippen LogP contribution in [0, 0.1) is 5.92 Å². The molecule has 2 aromatic carbocycles. The summed E-state index contributed by atoms with van der Waals surface area (Å²) in [4.78, 5) is 15.0. The van der Waals surface area contributed by atoms with Gasteiger partial charge >= 0.3 is 0 Å². The number of phenolic OH excluding ortho intramolecular Hbond substituents is 1. The van der Waals surface area contributed by atoms with E-state index in [4.69, 9.17) is 4.74 Å². The molecule has 1 saturated heterocycles. The quantitative estimate of drug-likeness (QED) is 0.662. The number of amides is 1. The second-order valence-electron chi connectivity index (χ2n) is 8.81. The maximum atomic E-state index is 12.8. The summed E-state index contributed by atoms with van der Waals surface area (Å²) in [5.74, 6) is 0.524. The zero-order chi connectivity index (χ0) is 21.8. The van der Waals surface area contributed by atoms with Crippen molar-refractivity contribution < 1.29 is 19.7 Å². The number of nitrogens with zero attached hydrogens (tertiary/aromatic N) is 1. The number of nitrogens with one attached hydrogen (secondary N) is 1. The Morgan fingerprint density at radius 1 is 1.19 bits per heavy atom. The summed E-state index contributed by atoms with van der Waals surface area (Å²) < 4.78 is 5.33. The number of fused-ring (bicyclic) bond motifs is 1. The molecule has 3 N–H and O–H groups in total. The van der Waals surface area contributed by atoms with Crippen molar-refractivity contribution in [2.75, 3.05) is 20.2 Å². The Bertz CT molecular complexity index is 904. The fourth-order valence-electron chi connectivity index (χ4n) is 5.28. The minimum atomic E-state index is -0.703. The van der Waals surface area contributed by atoms with Crippen molar-refractivity contribution >= 4 is 5.91 Å². The van der Waals surface area contributed by atoms with E-state index in [1.54, 1.807) is 6.07 Å². The van der Waals surface area contributed by atoms with Gasteiger partial charge in [-0.1, -0.05) is 49.2 Å². The van der Waals surface area contributed by atoms with Gasteiger partial charge in [-0.2, -0.15) is 0 Å². The van der Waals surface area contributed by atoms with Gasteiger partial charge in [0.2, 0.25) is 5.91 Å². The van der Waals surface area contributed by atoms with Crippen LogP contribution in [0.2, 0.25) is 0 Å². The topological polar surface area (TPSA) is 82.0 Å². The molecule has 6 nitrogen and oxygen atoms in total. The highest BCUT2D eigenvalue weighted by Gasteiger charge is 2.49. The highest BCUT2D eigenvalue weighted by molar-refractivity contribution is 5.78. The van der Waals surface area contributed by atoms with E-state index >= 15 is 0 Å². The first-order valence-electron chi connectivity index (χ1n) is 11.1. The Morgan fingerprint density at radius 3 is 2.77 bits per heavy atom. The van der Waals surface area contributed by atoms with Gasteiger partial charge in [0.25, 0.3) is 0 Å². The zero-order valence-corrected chi connectivity index (χ0v) is 18.1. The highest BCUT2D eigenvalue weighted by atomic mass is 16.5. The SMILES string of the molecule is COc1cc([C@H]2[C@@H]3CCCC[C@@]3(O)CCN2CC(=O)NCc2ccccc2)ccc1O. The average Bonchev–Trinajstić information content (AvgIpc) is 2.79. The molecular formula is C25H32N2O4. The van der Waals surface area contributed by atoms with Crippen LogP contribution in [0.4, 0.5) is 0 Å². The number of hydrogen-bond donors (Lipinski definition) is 3. The summed E-state index contributed by atoms with van der Waals surface area (Å²) in [7, 11) is 1.53. The van der Waals surface area contributed by atoms with Crippen LogP contribution in [-0.4, -0.2) is 46.8 Å².